The third-order valence-electron chi connectivity index (χ3n) is 3.26. The van der Waals surface area contributed by atoms with E-state index >= 15 is 0 Å². The predicted molar refractivity (Wildman–Crippen MR) is 52.8 cm³/mol. The average Bonchev–Trinajstić information content (AvgIpc) is 2.65. The van der Waals surface area contributed by atoms with Crippen LogP contribution < -0.4 is 0 Å². The molecule has 1 aliphatic heterocycles. The van der Waals surface area contributed by atoms with E-state index in [1.54, 1.807) is 0 Å². The van der Waals surface area contributed by atoms with E-state index in [0.29, 0.717) is 12.8 Å². The first-order valence-electron chi connectivity index (χ1n) is 5.58. The van der Waals surface area contributed by atoms with Crippen molar-refractivity contribution in [1.82, 2.24) is 4.90 Å². The quantitative estimate of drug-likeness (QED) is 0.633. The SMILES string of the molecule is O=C1CCC(C(=O)N2CCCCC2)C1. The number of hydrogen-bond acceptors (Lipinski definition) is 2. The summed E-state index contributed by atoms with van der Waals surface area (Å²) < 4.78 is 0. The molecule has 1 heterocycles. The number of Topliss-reactive ketones (excluding diaryl/α,β-unsaturated/α-hetero) is 1. The minimum Gasteiger partial charge on any atom is -0.342 e. The molecule has 1 unspecified atom stereocenters. The summed E-state index contributed by atoms with van der Waals surface area (Å²) in [5.41, 5.74) is 0. The number of rotatable bonds is 1. The lowest BCUT2D eigenvalue weighted by atomic mass is 10.0. The van der Waals surface area contributed by atoms with E-state index in [1.807, 2.05) is 4.90 Å². The molecule has 0 aromatic rings. The number of nitrogens with zero attached hydrogens (tertiary/aromatic N) is 1. The molecule has 2 aliphatic rings. The lowest BCUT2D eigenvalue weighted by Gasteiger charge is -2.28. The molecule has 0 aromatic heterocycles. The highest BCUT2D eigenvalue weighted by Crippen LogP contribution is 2.25. The van der Waals surface area contributed by atoms with Crippen LogP contribution in [0.3, 0.4) is 0 Å². The molecule has 1 saturated carbocycles. The fourth-order valence-corrected chi connectivity index (χ4v) is 2.40. The molecule has 1 atom stereocenters. The van der Waals surface area contributed by atoms with Gasteiger partial charge in [-0.1, -0.05) is 0 Å². The summed E-state index contributed by atoms with van der Waals surface area (Å²) >= 11 is 0. The van der Waals surface area contributed by atoms with Gasteiger partial charge in [0.25, 0.3) is 0 Å². The predicted octanol–water partition coefficient (Wildman–Crippen LogP) is 1.37. The van der Waals surface area contributed by atoms with Gasteiger partial charge in [-0.25, -0.2) is 0 Å². The molecule has 0 aromatic carbocycles. The van der Waals surface area contributed by atoms with Crippen molar-refractivity contribution >= 4 is 11.7 Å². The van der Waals surface area contributed by atoms with Crippen molar-refractivity contribution in [2.45, 2.75) is 38.5 Å². The first-order chi connectivity index (χ1) is 6.77. The van der Waals surface area contributed by atoms with Gasteiger partial charge in [-0.3, -0.25) is 9.59 Å². The number of carbonyl (C=O) groups excluding carboxylic acids is 2. The first-order valence-corrected chi connectivity index (χ1v) is 5.58. The summed E-state index contributed by atoms with van der Waals surface area (Å²) in [4.78, 5) is 24.9. The van der Waals surface area contributed by atoms with Gasteiger partial charge in [-0.15, -0.1) is 0 Å². The minimum atomic E-state index is 0.0144. The van der Waals surface area contributed by atoms with Crippen molar-refractivity contribution in [1.29, 1.82) is 0 Å². The van der Waals surface area contributed by atoms with Crippen molar-refractivity contribution in [2.24, 2.45) is 5.92 Å². The molecule has 0 spiro atoms. The molecule has 2 fully saturated rings. The summed E-state index contributed by atoms with van der Waals surface area (Å²) in [5.74, 6) is 0.511. The Bertz CT molecular complexity index is 244. The Kier molecular flexibility index (Phi) is 2.85. The second-order valence-corrected chi connectivity index (χ2v) is 4.36. The summed E-state index contributed by atoms with van der Waals surface area (Å²) in [7, 11) is 0. The van der Waals surface area contributed by atoms with Gasteiger partial charge in [0.1, 0.15) is 5.78 Å². The van der Waals surface area contributed by atoms with Crippen LogP contribution in [0, 0.1) is 5.92 Å². The van der Waals surface area contributed by atoms with Gasteiger partial charge in [-0.05, 0) is 25.7 Å². The van der Waals surface area contributed by atoms with Crippen LogP contribution in [-0.4, -0.2) is 29.7 Å². The summed E-state index contributed by atoms with van der Waals surface area (Å²) in [6, 6.07) is 0. The van der Waals surface area contributed by atoms with Crippen LogP contribution in [-0.2, 0) is 9.59 Å². The van der Waals surface area contributed by atoms with Gasteiger partial charge < -0.3 is 4.90 Å². The van der Waals surface area contributed by atoms with Crippen LogP contribution in [0.4, 0.5) is 0 Å². The van der Waals surface area contributed by atoms with Gasteiger partial charge in [0, 0.05) is 31.8 Å². The number of piperidine rings is 1. The Morgan fingerprint density at radius 1 is 1.21 bits per heavy atom. The van der Waals surface area contributed by atoms with Crippen molar-refractivity contribution < 1.29 is 9.59 Å². The second kappa shape index (κ2) is 4.11. The maximum Gasteiger partial charge on any atom is 0.226 e. The maximum absolute atomic E-state index is 11.9. The molecule has 1 amide bonds. The molecule has 2 rings (SSSR count). The average molecular weight is 195 g/mol. The molecule has 1 saturated heterocycles. The van der Waals surface area contributed by atoms with Gasteiger partial charge in [0.15, 0.2) is 0 Å². The maximum atomic E-state index is 11.9. The molecular formula is C11H17NO2. The standard InChI is InChI=1S/C11H17NO2/c13-10-5-4-9(8-10)11(14)12-6-2-1-3-7-12/h9H,1-8H2. The van der Waals surface area contributed by atoms with E-state index in [4.69, 9.17) is 0 Å². The van der Waals surface area contributed by atoms with E-state index in [-0.39, 0.29) is 17.6 Å². The molecular weight excluding hydrogens is 178 g/mol. The largest absolute Gasteiger partial charge is 0.342 e. The highest BCUT2D eigenvalue weighted by molar-refractivity contribution is 5.90. The number of amides is 1. The van der Waals surface area contributed by atoms with Crippen molar-refractivity contribution in [3.8, 4) is 0 Å². The molecule has 3 nitrogen and oxygen atoms in total. The molecule has 78 valence electrons. The van der Waals surface area contributed by atoms with Crippen molar-refractivity contribution in [3.05, 3.63) is 0 Å². The van der Waals surface area contributed by atoms with Crippen LogP contribution in [0.5, 0.6) is 0 Å². The second-order valence-electron chi connectivity index (χ2n) is 4.36. The van der Waals surface area contributed by atoms with Gasteiger partial charge in [-0.2, -0.15) is 0 Å². The van der Waals surface area contributed by atoms with Crippen LogP contribution in [0.1, 0.15) is 38.5 Å². The molecule has 3 heteroatoms. The Hall–Kier alpha value is -0.860. The highest BCUT2D eigenvalue weighted by atomic mass is 16.2. The lowest BCUT2D eigenvalue weighted by molar-refractivity contribution is -0.137. The van der Waals surface area contributed by atoms with Gasteiger partial charge in [0.2, 0.25) is 5.91 Å². The Balaban J connectivity index is 1.90. The highest BCUT2D eigenvalue weighted by Gasteiger charge is 2.31. The lowest BCUT2D eigenvalue weighted by Crippen LogP contribution is -2.39. The monoisotopic (exact) mass is 195 g/mol. The number of ketones is 1. The summed E-state index contributed by atoms with van der Waals surface area (Å²) in [6.07, 6.45) is 5.40. The minimum absolute atomic E-state index is 0.0144. The molecule has 0 N–H and O–H groups in total. The van der Waals surface area contributed by atoms with E-state index in [1.165, 1.54) is 6.42 Å². The topological polar surface area (TPSA) is 37.4 Å². The molecule has 0 radical (unpaired) electrons. The molecule has 14 heavy (non-hydrogen) atoms. The fourth-order valence-electron chi connectivity index (χ4n) is 2.40. The number of hydrogen-bond donors (Lipinski definition) is 0. The zero-order valence-corrected chi connectivity index (χ0v) is 8.50. The smallest absolute Gasteiger partial charge is 0.226 e. The summed E-state index contributed by atoms with van der Waals surface area (Å²) in [6.45, 7) is 1.81. The zero-order chi connectivity index (χ0) is 9.97. The van der Waals surface area contributed by atoms with Crippen LogP contribution >= 0.6 is 0 Å². The Morgan fingerprint density at radius 2 is 1.93 bits per heavy atom. The number of carbonyl (C=O) groups is 2. The third kappa shape index (κ3) is 1.97. The zero-order valence-electron chi connectivity index (χ0n) is 8.50. The Morgan fingerprint density at radius 3 is 2.50 bits per heavy atom. The van der Waals surface area contributed by atoms with Crippen LogP contribution in [0.15, 0.2) is 0 Å². The van der Waals surface area contributed by atoms with E-state index in [9.17, 15) is 9.59 Å². The van der Waals surface area contributed by atoms with Crippen molar-refractivity contribution in [2.75, 3.05) is 13.1 Å². The fraction of sp³-hybridized carbons (Fsp3) is 0.818. The van der Waals surface area contributed by atoms with Gasteiger partial charge in [0.05, 0.1) is 0 Å². The van der Waals surface area contributed by atoms with Crippen LogP contribution in [0.25, 0.3) is 0 Å². The Labute approximate surface area is 84.5 Å². The number of likely N-dealkylation sites (tertiary alicyclic amines) is 1. The molecule has 1 aliphatic carbocycles. The normalized spacial score (nSPS) is 28.1. The van der Waals surface area contributed by atoms with Crippen LogP contribution in [0.2, 0.25) is 0 Å². The first kappa shape index (κ1) is 9.69. The third-order valence-corrected chi connectivity index (χ3v) is 3.26. The van der Waals surface area contributed by atoms with E-state index in [2.05, 4.69) is 0 Å². The molecule has 0 bridgehead atoms. The summed E-state index contributed by atoms with van der Waals surface area (Å²) in [5, 5.41) is 0. The van der Waals surface area contributed by atoms with Gasteiger partial charge >= 0.3 is 0 Å². The van der Waals surface area contributed by atoms with E-state index < -0.39 is 0 Å². The van der Waals surface area contributed by atoms with E-state index in [0.717, 1.165) is 32.4 Å². The van der Waals surface area contributed by atoms with Crippen molar-refractivity contribution in [3.63, 3.8) is 0 Å².